The van der Waals surface area contributed by atoms with Crippen LogP contribution in [0.25, 0.3) is 0 Å². The van der Waals surface area contributed by atoms with Crippen molar-refractivity contribution >= 4 is 5.91 Å². The van der Waals surface area contributed by atoms with E-state index >= 15 is 0 Å². The van der Waals surface area contributed by atoms with Crippen LogP contribution in [0.5, 0.6) is 0 Å². The number of nitrogens with zero attached hydrogens (tertiary/aromatic N) is 2. The second-order valence-electron chi connectivity index (χ2n) is 9.87. The first-order valence-electron chi connectivity index (χ1n) is 13.3. The summed E-state index contributed by atoms with van der Waals surface area (Å²) in [5, 5.41) is 10.0. The van der Waals surface area contributed by atoms with Crippen LogP contribution in [0.15, 0.2) is 48.7 Å². The van der Waals surface area contributed by atoms with Crippen LogP contribution < -0.4 is 16.0 Å². The number of amides is 1. The number of benzene rings is 1. The van der Waals surface area contributed by atoms with Gasteiger partial charge in [-0.25, -0.2) is 0 Å². The summed E-state index contributed by atoms with van der Waals surface area (Å²) in [4.78, 5) is 17.9. The van der Waals surface area contributed by atoms with Crippen molar-refractivity contribution in [2.45, 2.75) is 83.3 Å². The molecule has 1 aromatic carbocycles. The summed E-state index contributed by atoms with van der Waals surface area (Å²) in [6, 6.07) is 12.7. The van der Waals surface area contributed by atoms with Gasteiger partial charge in [-0.05, 0) is 62.5 Å². The third kappa shape index (κ3) is 11.2. The van der Waals surface area contributed by atoms with Gasteiger partial charge >= 0.3 is 6.18 Å². The van der Waals surface area contributed by atoms with E-state index < -0.39 is 24.7 Å². The first-order valence-corrected chi connectivity index (χ1v) is 13.3. The van der Waals surface area contributed by atoms with E-state index in [9.17, 15) is 18.0 Å². The molecule has 37 heavy (non-hydrogen) atoms. The van der Waals surface area contributed by atoms with Gasteiger partial charge in [-0.15, -0.1) is 0 Å². The number of carbonyl (C=O) groups is 1. The Balaban J connectivity index is 1.43. The standard InChI is InChI=1S/C28H40F3N5O/c1-22(35-19-26-10-5-6-16-34-26)27(37)36(21-28(29,30)31)20-24-13-11-23(12-14-24)18-32-15-7-17-33-25-8-3-2-4-9-25/h5-6,10-14,16,22,25,32-33,35H,2-4,7-9,15,17-21H2,1H3/t22-/m0/s1. The van der Waals surface area contributed by atoms with E-state index in [1.807, 2.05) is 18.2 Å². The molecule has 0 spiro atoms. The smallest absolute Gasteiger partial charge is 0.328 e. The lowest BCUT2D eigenvalue weighted by molar-refractivity contribution is -0.163. The van der Waals surface area contributed by atoms with Crippen LogP contribution in [0, 0.1) is 0 Å². The van der Waals surface area contributed by atoms with Gasteiger partial charge < -0.3 is 20.9 Å². The minimum atomic E-state index is -4.48. The van der Waals surface area contributed by atoms with E-state index in [-0.39, 0.29) is 6.54 Å². The molecule has 0 radical (unpaired) electrons. The minimum Gasteiger partial charge on any atom is -0.328 e. The number of halogens is 3. The summed E-state index contributed by atoms with van der Waals surface area (Å²) < 4.78 is 39.7. The van der Waals surface area contributed by atoms with Gasteiger partial charge in [-0.2, -0.15) is 13.2 Å². The van der Waals surface area contributed by atoms with Gasteiger partial charge in [0.15, 0.2) is 0 Å². The molecule has 204 valence electrons. The fourth-order valence-corrected chi connectivity index (χ4v) is 4.59. The monoisotopic (exact) mass is 519 g/mol. The van der Waals surface area contributed by atoms with Crippen LogP contribution in [0.4, 0.5) is 13.2 Å². The molecule has 1 saturated carbocycles. The highest BCUT2D eigenvalue weighted by molar-refractivity contribution is 5.81. The molecule has 1 aliphatic carbocycles. The first-order chi connectivity index (χ1) is 17.8. The molecule has 1 amide bonds. The van der Waals surface area contributed by atoms with Gasteiger partial charge in [-0.3, -0.25) is 9.78 Å². The molecule has 0 bridgehead atoms. The Kier molecular flexibility index (Phi) is 11.8. The van der Waals surface area contributed by atoms with Crippen LogP contribution in [-0.2, 0) is 24.4 Å². The average Bonchev–Trinajstić information content (AvgIpc) is 2.90. The summed E-state index contributed by atoms with van der Waals surface area (Å²) >= 11 is 0. The maximum absolute atomic E-state index is 13.2. The lowest BCUT2D eigenvalue weighted by Crippen LogP contribution is -2.47. The van der Waals surface area contributed by atoms with Crippen molar-refractivity contribution < 1.29 is 18.0 Å². The van der Waals surface area contributed by atoms with Gasteiger partial charge in [0.1, 0.15) is 6.54 Å². The number of pyridine rings is 1. The first kappa shape index (κ1) is 29.1. The van der Waals surface area contributed by atoms with Gasteiger partial charge in [0, 0.05) is 31.9 Å². The fourth-order valence-electron chi connectivity index (χ4n) is 4.59. The van der Waals surface area contributed by atoms with Crippen LogP contribution in [-0.4, -0.2) is 53.7 Å². The summed E-state index contributed by atoms with van der Waals surface area (Å²) in [5.74, 6) is -0.596. The normalized spacial score (nSPS) is 15.5. The molecule has 1 heterocycles. The number of hydrogen-bond donors (Lipinski definition) is 3. The molecule has 0 unspecified atom stereocenters. The molecule has 6 nitrogen and oxygen atoms in total. The Morgan fingerprint density at radius 1 is 1.03 bits per heavy atom. The molecule has 0 aliphatic heterocycles. The predicted molar refractivity (Wildman–Crippen MR) is 140 cm³/mol. The summed E-state index contributed by atoms with van der Waals surface area (Å²) in [6.07, 6.45) is 4.79. The Hall–Kier alpha value is -2.49. The Morgan fingerprint density at radius 2 is 1.76 bits per heavy atom. The predicted octanol–water partition coefficient (Wildman–Crippen LogP) is 4.55. The van der Waals surface area contributed by atoms with Crippen LogP contribution >= 0.6 is 0 Å². The van der Waals surface area contributed by atoms with E-state index in [1.165, 1.54) is 32.1 Å². The highest BCUT2D eigenvalue weighted by Crippen LogP contribution is 2.20. The van der Waals surface area contributed by atoms with E-state index in [4.69, 9.17) is 0 Å². The number of carbonyl (C=O) groups excluding carboxylic acids is 1. The van der Waals surface area contributed by atoms with E-state index in [2.05, 4.69) is 20.9 Å². The zero-order chi connectivity index (χ0) is 26.5. The number of aromatic nitrogens is 1. The summed E-state index contributed by atoms with van der Waals surface area (Å²) in [5.41, 5.74) is 2.44. The van der Waals surface area contributed by atoms with Crippen molar-refractivity contribution in [3.63, 3.8) is 0 Å². The van der Waals surface area contributed by atoms with Crippen LogP contribution in [0.3, 0.4) is 0 Å². The molecule has 1 aromatic heterocycles. The SMILES string of the molecule is C[C@H](NCc1ccccn1)C(=O)N(Cc1ccc(CNCCCNC2CCCCC2)cc1)CC(F)(F)F. The van der Waals surface area contributed by atoms with Gasteiger partial charge in [0.2, 0.25) is 5.91 Å². The largest absolute Gasteiger partial charge is 0.406 e. The molecule has 1 aliphatic rings. The van der Waals surface area contributed by atoms with E-state index in [0.29, 0.717) is 30.4 Å². The van der Waals surface area contributed by atoms with Crippen molar-refractivity contribution in [2.75, 3.05) is 19.6 Å². The molecule has 3 N–H and O–H groups in total. The zero-order valence-electron chi connectivity index (χ0n) is 21.7. The molecule has 9 heteroatoms. The highest BCUT2D eigenvalue weighted by atomic mass is 19.4. The van der Waals surface area contributed by atoms with Gasteiger partial charge in [-0.1, -0.05) is 49.6 Å². The number of hydrogen-bond acceptors (Lipinski definition) is 5. The molecule has 2 aromatic rings. The van der Waals surface area contributed by atoms with Gasteiger partial charge in [0.05, 0.1) is 11.7 Å². The topological polar surface area (TPSA) is 69.3 Å². The average molecular weight is 520 g/mol. The molecule has 0 saturated heterocycles. The van der Waals surface area contributed by atoms with Crippen molar-refractivity contribution in [2.24, 2.45) is 0 Å². The highest BCUT2D eigenvalue weighted by Gasteiger charge is 2.34. The lowest BCUT2D eigenvalue weighted by atomic mass is 9.95. The number of alkyl halides is 3. The second-order valence-corrected chi connectivity index (χ2v) is 9.87. The summed E-state index contributed by atoms with van der Waals surface area (Å²) in [6.45, 7) is 3.09. The third-order valence-electron chi connectivity index (χ3n) is 6.66. The maximum Gasteiger partial charge on any atom is 0.406 e. The Morgan fingerprint density at radius 3 is 2.43 bits per heavy atom. The molecule has 1 atom stereocenters. The molecular weight excluding hydrogens is 479 g/mol. The second kappa shape index (κ2) is 15.1. The zero-order valence-corrected chi connectivity index (χ0v) is 21.7. The summed E-state index contributed by atoms with van der Waals surface area (Å²) in [7, 11) is 0. The molecule has 1 fully saturated rings. The van der Waals surface area contributed by atoms with Crippen molar-refractivity contribution in [3.05, 3.63) is 65.5 Å². The van der Waals surface area contributed by atoms with E-state index in [1.54, 1.807) is 37.4 Å². The Bertz CT molecular complexity index is 918. The minimum absolute atomic E-state index is 0.103. The van der Waals surface area contributed by atoms with Crippen molar-refractivity contribution in [3.8, 4) is 0 Å². The number of nitrogens with one attached hydrogen (secondary N) is 3. The third-order valence-corrected chi connectivity index (χ3v) is 6.66. The van der Waals surface area contributed by atoms with E-state index in [0.717, 1.165) is 30.0 Å². The Labute approximate surface area is 218 Å². The fraction of sp³-hybridized carbons (Fsp3) is 0.571. The van der Waals surface area contributed by atoms with Crippen molar-refractivity contribution in [1.82, 2.24) is 25.8 Å². The van der Waals surface area contributed by atoms with Gasteiger partial charge in [0.25, 0.3) is 0 Å². The van der Waals surface area contributed by atoms with Crippen LogP contribution in [0.1, 0.15) is 62.3 Å². The molecule has 3 rings (SSSR count). The molecular formula is C28H40F3N5O. The lowest BCUT2D eigenvalue weighted by Gasteiger charge is -2.27. The van der Waals surface area contributed by atoms with Crippen molar-refractivity contribution in [1.29, 1.82) is 0 Å². The maximum atomic E-state index is 13.2. The quantitative estimate of drug-likeness (QED) is 0.320. The van der Waals surface area contributed by atoms with Crippen LogP contribution in [0.2, 0.25) is 0 Å². The number of rotatable bonds is 14.